The van der Waals surface area contributed by atoms with Crippen LogP contribution in [0.5, 0.6) is 0 Å². The fraction of sp³-hybridized carbons (Fsp3) is 0.455. The van der Waals surface area contributed by atoms with Crippen molar-refractivity contribution in [3.63, 3.8) is 0 Å². The molecule has 0 bridgehead atoms. The molecular weight excluding hydrogens is 254 g/mol. The van der Waals surface area contributed by atoms with Crippen LogP contribution in [0.25, 0.3) is 0 Å². The van der Waals surface area contributed by atoms with Crippen molar-refractivity contribution in [2.45, 2.75) is 26.3 Å². The Morgan fingerprint density at radius 3 is 2.47 bits per heavy atom. The van der Waals surface area contributed by atoms with Gasteiger partial charge in [-0.15, -0.1) is 0 Å². The number of H-pyrrole nitrogens is 2. The minimum atomic E-state index is -1.18. The molecule has 1 heterocycles. The van der Waals surface area contributed by atoms with Crippen LogP contribution in [0.4, 0.5) is 0 Å². The van der Waals surface area contributed by atoms with E-state index in [-0.39, 0.29) is 17.9 Å². The normalized spacial score (nSPS) is 12.2. The maximum absolute atomic E-state index is 11.8. The number of carboxylic acids is 1. The number of aliphatic carboxylic acids is 1. The number of carbonyl (C=O) groups excluding carboxylic acids is 1. The molecule has 0 spiro atoms. The van der Waals surface area contributed by atoms with Crippen LogP contribution in [0.15, 0.2) is 15.8 Å². The predicted molar refractivity (Wildman–Crippen MR) is 66.0 cm³/mol. The zero-order chi connectivity index (χ0) is 14.6. The zero-order valence-electron chi connectivity index (χ0n) is 10.5. The van der Waals surface area contributed by atoms with Crippen molar-refractivity contribution in [3.05, 3.63) is 32.6 Å². The van der Waals surface area contributed by atoms with Gasteiger partial charge in [-0.1, -0.05) is 13.8 Å². The van der Waals surface area contributed by atoms with Gasteiger partial charge in [0.1, 0.15) is 11.6 Å². The summed E-state index contributed by atoms with van der Waals surface area (Å²) in [7, 11) is 0. The quantitative estimate of drug-likeness (QED) is 0.560. The van der Waals surface area contributed by atoms with Gasteiger partial charge < -0.3 is 15.4 Å². The molecule has 0 aliphatic rings. The summed E-state index contributed by atoms with van der Waals surface area (Å²) < 4.78 is 0. The second kappa shape index (κ2) is 5.98. The van der Waals surface area contributed by atoms with Gasteiger partial charge in [0.05, 0.1) is 0 Å². The number of hydrogen-bond acceptors (Lipinski definition) is 4. The van der Waals surface area contributed by atoms with E-state index in [1.54, 1.807) is 0 Å². The lowest BCUT2D eigenvalue weighted by atomic mass is 10.0. The molecule has 1 amide bonds. The van der Waals surface area contributed by atoms with Crippen LogP contribution in [0.3, 0.4) is 0 Å². The Kier molecular flexibility index (Phi) is 4.62. The van der Waals surface area contributed by atoms with Crippen LogP contribution in [0.2, 0.25) is 0 Å². The Morgan fingerprint density at radius 2 is 2.00 bits per heavy atom. The average molecular weight is 269 g/mol. The van der Waals surface area contributed by atoms with Crippen molar-refractivity contribution >= 4 is 11.9 Å². The van der Waals surface area contributed by atoms with Crippen molar-refractivity contribution in [1.82, 2.24) is 15.3 Å². The molecule has 104 valence electrons. The molecule has 0 aliphatic carbocycles. The molecule has 1 aromatic heterocycles. The van der Waals surface area contributed by atoms with Crippen LogP contribution in [0, 0.1) is 5.92 Å². The van der Waals surface area contributed by atoms with E-state index in [9.17, 15) is 19.2 Å². The monoisotopic (exact) mass is 269 g/mol. The highest BCUT2D eigenvalue weighted by Gasteiger charge is 2.23. The number of amides is 1. The van der Waals surface area contributed by atoms with Crippen LogP contribution in [-0.2, 0) is 4.79 Å². The molecule has 0 aliphatic heterocycles. The summed E-state index contributed by atoms with van der Waals surface area (Å²) in [6.45, 7) is 3.63. The first-order valence-corrected chi connectivity index (χ1v) is 5.67. The van der Waals surface area contributed by atoms with E-state index in [1.165, 1.54) is 0 Å². The fourth-order valence-electron chi connectivity index (χ4n) is 1.51. The van der Waals surface area contributed by atoms with Crippen molar-refractivity contribution in [2.75, 3.05) is 0 Å². The van der Waals surface area contributed by atoms with Gasteiger partial charge in [0.15, 0.2) is 0 Å². The predicted octanol–water partition coefficient (Wildman–Crippen LogP) is -0.708. The molecule has 0 radical (unpaired) electrons. The molecular formula is C11H15N3O5. The Morgan fingerprint density at radius 1 is 1.37 bits per heavy atom. The maximum atomic E-state index is 11.8. The lowest BCUT2D eigenvalue weighted by Crippen LogP contribution is -2.44. The average Bonchev–Trinajstić information content (AvgIpc) is 2.26. The van der Waals surface area contributed by atoms with E-state index in [0.717, 1.165) is 6.20 Å². The molecule has 1 atom stereocenters. The van der Waals surface area contributed by atoms with E-state index in [1.807, 2.05) is 18.8 Å². The minimum Gasteiger partial charge on any atom is -0.480 e. The topological polar surface area (TPSA) is 132 Å². The third-order valence-corrected chi connectivity index (χ3v) is 2.37. The Bertz CT molecular complexity index is 586. The van der Waals surface area contributed by atoms with Gasteiger partial charge in [0, 0.05) is 6.20 Å². The minimum absolute atomic E-state index is 0.0651. The summed E-state index contributed by atoms with van der Waals surface area (Å²) in [5.74, 6) is -1.95. The first kappa shape index (κ1) is 14.7. The Balaban J connectivity index is 2.91. The SMILES string of the molecule is CC(C)C[C@@H](NC(=O)c1c[nH]c(=O)[nH]c1=O)C(=O)O. The lowest BCUT2D eigenvalue weighted by Gasteiger charge is -2.15. The lowest BCUT2D eigenvalue weighted by molar-refractivity contribution is -0.139. The van der Waals surface area contributed by atoms with Gasteiger partial charge in [-0.3, -0.25) is 14.6 Å². The highest BCUT2D eigenvalue weighted by molar-refractivity contribution is 5.95. The zero-order valence-corrected chi connectivity index (χ0v) is 10.5. The second-order valence-corrected chi connectivity index (χ2v) is 4.48. The molecule has 0 saturated carbocycles. The third kappa shape index (κ3) is 4.09. The molecule has 1 aromatic rings. The summed E-state index contributed by atoms with van der Waals surface area (Å²) in [5, 5.41) is 11.2. The van der Waals surface area contributed by atoms with Gasteiger partial charge >= 0.3 is 11.7 Å². The van der Waals surface area contributed by atoms with Crippen molar-refractivity contribution < 1.29 is 14.7 Å². The first-order valence-electron chi connectivity index (χ1n) is 5.67. The van der Waals surface area contributed by atoms with Crippen molar-refractivity contribution in [1.29, 1.82) is 0 Å². The van der Waals surface area contributed by atoms with Gasteiger partial charge in [-0.05, 0) is 12.3 Å². The van der Waals surface area contributed by atoms with Crippen LogP contribution in [0.1, 0.15) is 30.6 Å². The number of aromatic amines is 2. The van der Waals surface area contributed by atoms with E-state index in [0.29, 0.717) is 0 Å². The molecule has 1 rings (SSSR count). The highest BCUT2D eigenvalue weighted by atomic mass is 16.4. The number of carbonyl (C=O) groups is 2. The maximum Gasteiger partial charge on any atom is 0.326 e. The first-order chi connectivity index (χ1) is 8.81. The second-order valence-electron chi connectivity index (χ2n) is 4.48. The number of nitrogens with one attached hydrogen (secondary N) is 3. The molecule has 0 saturated heterocycles. The largest absolute Gasteiger partial charge is 0.480 e. The molecule has 0 aromatic carbocycles. The highest BCUT2D eigenvalue weighted by Crippen LogP contribution is 2.05. The van der Waals surface area contributed by atoms with E-state index < -0.39 is 29.2 Å². The number of carboxylic acid groups (broad SMARTS) is 1. The Labute approximate surface area is 107 Å². The van der Waals surface area contributed by atoms with Crippen molar-refractivity contribution in [2.24, 2.45) is 5.92 Å². The number of rotatable bonds is 5. The third-order valence-electron chi connectivity index (χ3n) is 2.37. The smallest absolute Gasteiger partial charge is 0.326 e. The molecule has 8 heteroatoms. The van der Waals surface area contributed by atoms with Gasteiger partial charge in [0.2, 0.25) is 0 Å². The molecule has 0 unspecified atom stereocenters. The Hall–Kier alpha value is -2.38. The molecule has 19 heavy (non-hydrogen) atoms. The van der Waals surface area contributed by atoms with Gasteiger partial charge in [-0.25, -0.2) is 9.59 Å². The van der Waals surface area contributed by atoms with E-state index in [2.05, 4.69) is 10.3 Å². The standard InChI is InChI=1S/C11H15N3O5/c1-5(2)3-7(10(17)18)13-8(15)6-4-12-11(19)14-9(6)16/h4-5,7H,3H2,1-2H3,(H,13,15)(H,17,18)(H2,12,14,16,19)/t7-/m1/s1. The summed E-state index contributed by atoms with van der Waals surface area (Å²) in [6.07, 6.45) is 1.19. The van der Waals surface area contributed by atoms with Crippen LogP contribution >= 0.6 is 0 Å². The number of hydrogen-bond donors (Lipinski definition) is 4. The molecule has 0 fully saturated rings. The summed E-state index contributed by atoms with van der Waals surface area (Å²) in [5.41, 5.74) is -1.94. The summed E-state index contributed by atoms with van der Waals surface area (Å²) in [4.78, 5) is 48.9. The van der Waals surface area contributed by atoms with Crippen LogP contribution < -0.4 is 16.6 Å². The fourth-order valence-corrected chi connectivity index (χ4v) is 1.51. The summed E-state index contributed by atoms with van der Waals surface area (Å²) in [6, 6.07) is -1.08. The van der Waals surface area contributed by atoms with E-state index >= 15 is 0 Å². The molecule has 8 nitrogen and oxygen atoms in total. The van der Waals surface area contributed by atoms with E-state index in [4.69, 9.17) is 5.11 Å². The van der Waals surface area contributed by atoms with Crippen LogP contribution in [-0.4, -0.2) is 33.0 Å². The van der Waals surface area contributed by atoms with Gasteiger partial charge in [-0.2, -0.15) is 0 Å². The summed E-state index contributed by atoms with van der Waals surface area (Å²) >= 11 is 0. The molecule has 4 N–H and O–H groups in total. The van der Waals surface area contributed by atoms with Crippen molar-refractivity contribution in [3.8, 4) is 0 Å². The number of aromatic nitrogens is 2. The van der Waals surface area contributed by atoms with Gasteiger partial charge in [0.25, 0.3) is 11.5 Å².